The molecule has 0 saturated carbocycles. The van der Waals surface area contributed by atoms with Crippen molar-refractivity contribution in [2.24, 2.45) is 0 Å². The predicted octanol–water partition coefficient (Wildman–Crippen LogP) is 4.52. The van der Waals surface area contributed by atoms with Crippen LogP contribution in [0.25, 0.3) is 0 Å². The lowest BCUT2D eigenvalue weighted by Crippen LogP contribution is -2.41. The van der Waals surface area contributed by atoms with Gasteiger partial charge in [0.05, 0.1) is 25.0 Å². The fourth-order valence-electron chi connectivity index (χ4n) is 4.74. The number of carbonyl (C=O) groups is 1. The van der Waals surface area contributed by atoms with Crippen LogP contribution in [0.4, 0.5) is 11.4 Å². The van der Waals surface area contributed by atoms with E-state index in [0.29, 0.717) is 6.54 Å². The van der Waals surface area contributed by atoms with E-state index >= 15 is 0 Å². The predicted molar refractivity (Wildman–Crippen MR) is 119 cm³/mol. The van der Waals surface area contributed by atoms with E-state index in [4.69, 9.17) is 4.74 Å². The Morgan fingerprint density at radius 1 is 0.833 bits per heavy atom. The van der Waals surface area contributed by atoms with Gasteiger partial charge in [-0.3, -0.25) is 14.6 Å². The molecule has 4 nitrogen and oxygen atoms in total. The topological polar surface area (TPSA) is 32.8 Å². The molecular formula is C26H26N2O2. The fourth-order valence-corrected chi connectivity index (χ4v) is 4.74. The van der Waals surface area contributed by atoms with E-state index in [1.54, 1.807) is 7.11 Å². The number of hydrogen-bond acceptors (Lipinski definition) is 3. The van der Waals surface area contributed by atoms with Crippen molar-refractivity contribution in [2.45, 2.75) is 25.8 Å². The van der Waals surface area contributed by atoms with Gasteiger partial charge in [0.25, 0.3) is 0 Å². The van der Waals surface area contributed by atoms with Gasteiger partial charge in [-0.2, -0.15) is 0 Å². The molecular weight excluding hydrogens is 372 g/mol. The highest BCUT2D eigenvalue weighted by atomic mass is 16.5. The number of ether oxygens (including phenoxy) is 1. The Labute approximate surface area is 177 Å². The lowest BCUT2D eigenvalue weighted by Gasteiger charge is -2.32. The standard InChI is InChI=1S/C26H26N2O2/c1-30-25-12-6-9-19-15-16-27(17-22(19)25)18-26(29)28-23-10-4-2-7-20(23)13-14-21-8-3-5-11-24(21)28/h2-12H,13-18H2,1H3. The van der Waals surface area contributed by atoms with Crippen LogP contribution in [0.2, 0.25) is 0 Å². The summed E-state index contributed by atoms with van der Waals surface area (Å²) >= 11 is 0. The van der Waals surface area contributed by atoms with Gasteiger partial charge in [0, 0.05) is 18.7 Å². The fraction of sp³-hybridized carbons (Fsp3) is 0.269. The molecule has 0 aromatic heterocycles. The zero-order chi connectivity index (χ0) is 20.5. The summed E-state index contributed by atoms with van der Waals surface area (Å²) in [5, 5.41) is 0. The van der Waals surface area contributed by atoms with Gasteiger partial charge in [0.15, 0.2) is 0 Å². The third-order valence-corrected chi connectivity index (χ3v) is 6.27. The van der Waals surface area contributed by atoms with E-state index in [-0.39, 0.29) is 5.91 Å². The van der Waals surface area contributed by atoms with Gasteiger partial charge in [0.2, 0.25) is 5.91 Å². The second-order valence-corrected chi connectivity index (χ2v) is 8.05. The second-order valence-electron chi connectivity index (χ2n) is 8.05. The van der Waals surface area contributed by atoms with E-state index in [9.17, 15) is 4.79 Å². The minimum absolute atomic E-state index is 0.121. The maximum absolute atomic E-state index is 13.7. The molecule has 0 bridgehead atoms. The third kappa shape index (κ3) is 3.37. The second kappa shape index (κ2) is 7.96. The maximum atomic E-state index is 13.7. The van der Waals surface area contributed by atoms with Crippen molar-refractivity contribution in [3.05, 3.63) is 89.0 Å². The first kappa shape index (κ1) is 18.9. The minimum atomic E-state index is 0.121. The van der Waals surface area contributed by atoms with Crippen LogP contribution in [0.15, 0.2) is 66.7 Å². The highest BCUT2D eigenvalue weighted by Crippen LogP contribution is 2.36. The molecule has 2 heterocycles. The van der Waals surface area contributed by atoms with Crippen LogP contribution < -0.4 is 9.64 Å². The molecule has 2 aliphatic rings. The molecule has 2 aliphatic heterocycles. The Bertz CT molecular complexity index is 1030. The van der Waals surface area contributed by atoms with Gasteiger partial charge >= 0.3 is 0 Å². The van der Waals surface area contributed by atoms with Crippen molar-refractivity contribution in [3.63, 3.8) is 0 Å². The number of anilines is 2. The van der Waals surface area contributed by atoms with Crippen LogP contribution in [0.5, 0.6) is 5.75 Å². The molecule has 152 valence electrons. The lowest BCUT2D eigenvalue weighted by atomic mass is 9.99. The average molecular weight is 399 g/mol. The number of hydrogen-bond donors (Lipinski definition) is 0. The zero-order valence-corrected chi connectivity index (χ0v) is 17.3. The molecule has 30 heavy (non-hydrogen) atoms. The smallest absolute Gasteiger partial charge is 0.245 e. The monoisotopic (exact) mass is 398 g/mol. The van der Waals surface area contributed by atoms with Crippen LogP contribution in [0, 0.1) is 0 Å². The van der Waals surface area contributed by atoms with E-state index in [1.807, 2.05) is 29.2 Å². The molecule has 0 radical (unpaired) electrons. The highest BCUT2D eigenvalue weighted by molar-refractivity contribution is 6.03. The Balaban J connectivity index is 1.46. The number of para-hydroxylation sites is 2. The van der Waals surface area contributed by atoms with Gasteiger partial charge in [-0.25, -0.2) is 0 Å². The molecule has 3 aromatic carbocycles. The molecule has 0 atom stereocenters. The van der Waals surface area contributed by atoms with Crippen LogP contribution >= 0.6 is 0 Å². The highest BCUT2D eigenvalue weighted by Gasteiger charge is 2.28. The Hall–Kier alpha value is -3.11. The van der Waals surface area contributed by atoms with Gasteiger partial charge in [-0.05, 0) is 54.2 Å². The first-order chi connectivity index (χ1) is 14.7. The number of aryl methyl sites for hydroxylation is 2. The summed E-state index contributed by atoms with van der Waals surface area (Å²) in [6.45, 7) is 2.01. The molecule has 0 aliphatic carbocycles. The lowest BCUT2D eigenvalue weighted by molar-refractivity contribution is -0.119. The quantitative estimate of drug-likeness (QED) is 0.650. The average Bonchev–Trinajstić information content (AvgIpc) is 2.95. The minimum Gasteiger partial charge on any atom is -0.496 e. The number of nitrogens with zero attached hydrogens (tertiary/aromatic N) is 2. The van der Waals surface area contributed by atoms with Crippen molar-refractivity contribution in [1.29, 1.82) is 0 Å². The SMILES string of the molecule is COc1cccc2c1CN(CC(=O)N1c3ccccc3CCc3ccccc31)CC2. The van der Waals surface area contributed by atoms with Crippen LogP contribution in [-0.2, 0) is 30.6 Å². The maximum Gasteiger partial charge on any atom is 0.245 e. The summed E-state index contributed by atoms with van der Waals surface area (Å²) in [6, 6.07) is 22.8. The normalized spacial score (nSPS) is 15.6. The van der Waals surface area contributed by atoms with Gasteiger partial charge in [-0.15, -0.1) is 0 Å². The largest absolute Gasteiger partial charge is 0.496 e. The van der Waals surface area contributed by atoms with E-state index in [1.165, 1.54) is 22.3 Å². The molecule has 5 rings (SSSR count). The molecule has 0 spiro atoms. The van der Waals surface area contributed by atoms with E-state index in [2.05, 4.69) is 47.4 Å². The van der Waals surface area contributed by atoms with Gasteiger partial charge in [0.1, 0.15) is 5.75 Å². The van der Waals surface area contributed by atoms with Crippen LogP contribution in [0.3, 0.4) is 0 Å². The molecule has 0 unspecified atom stereocenters. The molecule has 1 amide bonds. The Kier molecular flexibility index (Phi) is 5.01. The van der Waals surface area contributed by atoms with E-state index in [0.717, 1.165) is 49.5 Å². The first-order valence-electron chi connectivity index (χ1n) is 10.6. The summed E-state index contributed by atoms with van der Waals surface area (Å²) in [6.07, 6.45) is 2.84. The zero-order valence-electron chi connectivity index (χ0n) is 17.3. The van der Waals surface area contributed by atoms with Crippen molar-refractivity contribution in [1.82, 2.24) is 4.90 Å². The van der Waals surface area contributed by atoms with Crippen LogP contribution in [0.1, 0.15) is 22.3 Å². The number of methoxy groups -OCH3 is 1. The van der Waals surface area contributed by atoms with Crippen molar-refractivity contribution >= 4 is 17.3 Å². The number of benzene rings is 3. The molecule has 3 aromatic rings. The number of carbonyl (C=O) groups excluding carboxylic acids is 1. The number of fused-ring (bicyclic) bond motifs is 3. The number of amides is 1. The third-order valence-electron chi connectivity index (χ3n) is 6.27. The first-order valence-corrected chi connectivity index (χ1v) is 10.6. The number of rotatable bonds is 3. The van der Waals surface area contributed by atoms with Crippen molar-refractivity contribution in [2.75, 3.05) is 25.1 Å². The van der Waals surface area contributed by atoms with E-state index < -0.39 is 0 Å². The molecule has 0 saturated heterocycles. The van der Waals surface area contributed by atoms with Crippen molar-refractivity contribution in [3.8, 4) is 5.75 Å². The molecule has 0 fully saturated rings. The summed E-state index contributed by atoms with van der Waals surface area (Å²) in [7, 11) is 1.71. The summed E-state index contributed by atoms with van der Waals surface area (Å²) < 4.78 is 5.57. The van der Waals surface area contributed by atoms with Crippen molar-refractivity contribution < 1.29 is 9.53 Å². The summed E-state index contributed by atoms with van der Waals surface area (Å²) in [5.74, 6) is 1.03. The van der Waals surface area contributed by atoms with Gasteiger partial charge in [-0.1, -0.05) is 48.5 Å². The summed E-state index contributed by atoms with van der Waals surface area (Å²) in [4.78, 5) is 17.8. The Morgan fingerprint density at radius 3 is 2.13 bits per heavy atom. The Morgan fingerprint density at radius 2 is 1.47 bits per heavy atom. The molecule has 0 N–H and O–H groups in total. The molecule has 4 heteroatoms. The summed E-state index contributed by atoms with van der Waals surface area (Å²) in [5.41, 5.74) is 7.02. The van der Waals surface area contributed by atoms with Crippen LogP contribution in [-0.4, -0.2) is 31.0 Å². The van der Waals surface area contributed by atoms with Gasteiger partial charge < -0.3 is 4.74 Å².